The Hall–Kier alpha value is -0.900. The standard InChI is InChI=1S/C14H23N3/c1-12-5-4-6-14(11-12)13(2)15-17-9-7-16(3)8-10-17/h4-6,11,13,15H,7-10H2,1-3H3. The van der Waals surface area contributed by atoms with Crippen molar-refractivity contribution in [1.82, 2.24) is 15.3 Å². The van der Waals surface area contributed by atoms with Gasteiger partial charge in [-0.2, -0.15) is 0 Å². The van der Waals surface area contributed by atoms with Crippen LogP contribution in [-0.2, 0) is 0 Å². The molecule has 3 nitrogen and oxygen atoms in total. The van der Waals surface area contributed by atoms with Crippen molar-refractivity contribution in [3.63, 3.8) is 0 Å². The number of hydrogen-bond donors (Lipinski definition) is 1. The number of nitrogens with one attached hydrogen (secondary N) is 1. The van der Waals surface area contributed by atoms with Crippen LogP contribution in [0.5, 0.6) is 0 Å². The first kappa shape index (κ1) is 12.6. The molecule has 1 unspecified atom stereocenters. The summed E-state index contributed by atoms with van der Waals surface area (Å²) in [5.74, 6) is 0. The molecular weight excluding hydrogens is 210 g/mol. The van der Waals surface area contributed by atoms with Crippen molar-refractivity contribution in [1.29, 1.82) is 0 Å². The third kappa shape index (κ3) is 3.53. The van der Waals surface area contributed by atoms with Crippen molar-refractivity contribution in [2.24, 2.45) is 0 Å². The van der Waals surface area contributed by atoms with Crippen molar-refractivity contribution in [2.75, 3.05) is 33.2 Å². The van der Waals surface area contributed by atoms with E-state index >= 15 is 0 Å². The van der Waals surface area contributed by atoms with E-state index in [-0.39, 0.29) is 0 Å². The number of nitrogens with zero attached hydrogens (tertiary/aromatic N) is 2. The zero-order valence-corrected chi connectivity index (χ0v) is 11.1. The molecule has 0 aromatic heterocycles. The Balaban J connectivity index is 1.90. The number of benzene rings is 1. The summed E-state index contributed by atoms with van der Waals surface area (Å²) in [6, 6.07) is 9.12. The van der Waals surface area contributed by atoms with Crippen LogP contribution in [-0.4, -0.2) is 43.1 Å². The molecule has 1 N–H and O–H groups in total. The molecule has 1 heterocycles. The molecule has 0 bridgehead atoms. The summed E-state index contributed by atoms with van der Waals surface area (Å²) in [4.78, 5) is 2.37. The summed E-state index contributed by atoms with van der Waals surface area (Å²) in [5.41, 5.74) is 6.28. The fourth-order valence-corrected chi connectivity index (χ4v) is 2.22. The normalized spacial score (nSPS) is 20.4. The number of hydrazine groups is 1. The van der Waals surface area contributed by atoms with Crippen LogP contribution in [0.15, 0.2) is 24.3 Å². The topological polar surface area (TPSA) is 18.5 Å². The SMILES string of the molecule is Cc1cccc(C(C)NN2CCN(C)CC2)c1. The Labute approximate surface area is 104 Å². The summed E-state index contributed by atoms with van der Waals surface area (Å²) >= 11 is 0. The molecule has 1 fully saturated rings. The molecule has 1 atom stereocenters. The van der Waals surface area contributed by atoms with E-state index in [0.717, 1.165) is 26.2 Å². The molecule has 2 rings (SSSR count). The number of aryl methyl sites for hydroxylation is 1. The second kappa shape index (κ2) is 5.63. The molecule has 1 aromatic carbocycles. The zero-order chi connectivity index (χ0) is 12.3. The van der Waals surface area contributed by atoms with Crippen LogP contribution in [0.2, 0.25) is 0 Å². The summed E-state index contributed by atoms with van der Waals surface area (Å²) in [7, 11) is 2.18. The van der Waals surface area contributed by atoms with Gasteiger partial charge in [-0.3, -0.25) is 0 Å². The van der Waals surface area contributed by atoms with E-state index in [0.29, 0.717) is 6.04 Å². The summed E-state index contributed by atoms with van der Waals surface area (Å²) in [5, 5.41) is 2.34. The lowest BCUT2D eigenvalue weighted by molar-refractivity contribution is 0.0899. The van der Waals surface area contributed by atoms with E-state index in [1.165, 1.54) is 11.1 Å². The van der Waals surface area contributed by atoms with Crippen molar-refractivity contribution in [2.45, 2.75) is 19.9 Å². The molecule has 0 radical (unpaired) electrons. The van der Waals surface area contributed by atoms with Gasteiger partial charge in [-0.1, -0.05) is 29.8 Å². The van der Waals surface area contributed by atoms with Gasteiger partial charge in [-0.05, 0) is 26.5 Å². The number of rotatable bonds is 3. The average molecular weight is 233 g/mol. The second-order valence-corrected chi connectivity index (χ2v) is 5.06. The summed E-state index contributed by atoms with van der Waals surface area (Å²) in [6.07, 6.45) is 0. The van der Waals surface area contributed by atoms with Gasteiger partial charge < -0.3 is 4.90 Å². The lowest BCUT2D eigenvalue weighted by Crippen LogP contribution is -2.51. The maximum Gasteiger partial charge on any atom is 0.0436 e. The zero-order valence-electron chi connectivity index (χ0n) is 11.1. The lowest BCUT2D eigenvalue weighted by Gasteiger charge is -2.34. The summed E-state index contributed by atoms with van der Waals surface area (Å²) in [6.45, 7) is 8.87. The van der Waals surface area contributed by atoms with Crippen LogP contribution < -0.4 is 5.43 Å². The molecule has 0 aliphatic carbocycles. The monoisotopic (exact) mass is 233 g/mol. The Morgan fingerprint density at radius 2 is 1.88 bits per heavy atom. The van der Waals surface area contributed by atoms with Gasteiger partial charge in [0.05, 0.1) is 0 Å². The van der Waals surface area contributed by atoms with Gasteiger partial charge in [-0.25, -0.2) is 10.4 Å². The third-order valence-electron chi connectivity index (χ3n) is 3.42. The van der Waals surface area contributed by atoms with Crippen LogP contribution in [0.1, 0.15) is 24.1 Å². The van der Waals surface area contributed by atoms with Crippen LogP contribution in [0.4, 0.5) is 0 Å². The molecule has 1 aliphatic rings. The highest BCUT2D eigenvalue weighted by Gasteiger charge is 2.15. The number of hydrogen-bond acceptors (Lipinski definition) is 3. The first-order valence-corrected chi connectivity index (χ1v) is 6.41. The van der Waals surface area contributed by atoms with E-state index in [1.54, 1.807) is 0 Å². The third-order valence-corrected chi connectivity index (χ3v) is 3.42. The summed E-state index contributed by atoms with van der Waals surface area (Å²) < 4.78 is 0. The maximum absolute atomic E-state index is 3.59. The minimum Gasteiger partial charge on any atom is -0.304 e. The van der Waals surface area contributed by atoms with Crippen LogP contribution in [0, 0.1) is 6.92 Å². The first-order valence-electron chi connectivity index (χ1n) is 6.41. The highest BCUT2D eigenvalue weighted by molar-refractivity contribution is 5.24. The van der Waals surface area contributed by atoms with Crippen molar-refractivity contribution in [3.05, 3.63) is 35.4 Å². The fraction of sp³-hybridized carbons (Fsp3) is 0.571. The van der Waals surface area contributed by atoms with Crippen LogP contribution in [0.3, 0.4) is 0 Å². The van der Waals surface area contributed by atoms with Crippen LogP contribution in [0.25, 0.3) is 0 Å². The maximum atomic E-state index is 3.59. The largest absolute Gasteiger partial charge is 0.304 e. The predicted molar refractivity (Wildman–Crippen MR) is 71.8 cm³/mol. The molecule has 1 saturated heterocycles. The molecule has 3 heteroatoms. The number of piperazine rings is 1. The van der Waals surface area contributed by atoms with Gasteiger partial charge >= 0.3 is 0 Å². The van der Waals surface area contributed by atoms with Crippen LogP contribution >= 0.6 is 0 Å². The van der Waals surface area contributed by atoms with E-state index in [9.17, 15) is 0 Å². The molecule has 0 spiro atoms. The van der Waals surface area contributed by atoms with E-state index in [2.05, 4.69) is 60.5 Å². The first-order chi connectivity index (χ1) is 8.15. The van der Waals surface area contributed by atoms with Gasteiger partial charge in [-0.15, -0.1) is 0 Å². The molecule has 0 amide bonds. The predicted octanol–water partition coefficient (Wildman–Crippen LogP) is 1.81. The van der Waals surface area contributed by atoms with Gasteiger partial charge in [0, 0.05) is 32.2 Å². The molecule has 94 valence electrons. The minimum atomic E-state index is 0.387. The highest BCUT2D eigenvalue weighted by atomic mass is 15.5. The average Bonchev–Trinajstić information content (AvgIpc) is 2.32. The highest BCUT2D eigenvalue weighted by Crippen LogP contribution is 2.14. The Kier molecular flexibility index (Phi) is 4.15. The van der Waals surface area contributed by atoms with Gasteiger partial charge in [0.1, 0.15) is 0 Å². The second-order valence-electron chi connectivity index (χ2n) is 5.06. The quantitative estimate of drug-likeness (QED) is 0.859. The van der Waals surface area contributed by atoms with Gasteiger partial charge in [0.2, 0.25) is 0 Å². The van der Waals surface area contributed by atoms with Crippen molar-refractivity contribution >= 4 is 0 Å². The minimum absolute atomic E-state index is 0.387. The number of likely N-dealkylation sites (N-methyl/N-ethyl adjacent to an activating group) is 1. The van der Waals surface area contributed by atoms with Crippen molar-refractivity contribution < 1.29 is 0 Å². The van der Waals surface area contributed by atoms with Gasteiger partial charge in [0.15, 0.2) is 0 Å². The smallest absolute Gasteiger partial charge is 0.0436 e. The molecule has 17 heavy (non-hydrogen) atoms. The molecule has 1 aromatic rings. The molecule has 1 aliphatic heterocycles. The van der Waals surface area contributed by atoms with Crippen molar-refractivity contribution in [3.8, 4) is 0 Å². The molecular formula is C14H23N3. The van der Waals surface area contributed by atoms with E-state index in [4.69, 9.17) is 0 Å². The Morgan fingerprint density at radius 3 is 2.53 bits per heavy atom. The van der Waals surface area contributed by atoms with E-state index in [1.807, 2.05) is 0 Å². The molecule has 0 saturated carbocycles. The lowest BCUT2D eigenvalue weighted by atomic mass is 10.1. The Bertz CT molecular complexity index is 356. The van der Waals surface area contributed by atoms with Gasteiger partial charge in [0.25, 0.3) is 0 Å². The van der Waals surface area contributed by atoms with E-state index < -0.39 is 0 Å². The Morgan fingerprint density at radius 1 is 1.18 bits per heavy atom. The fourth-order valence-electron chi connectivity index (χ4n) is 2.22.